The van der Waals surface area contributed by atoms with Gasteiger partial charge in [0.15, 0.2) is 5.82 Å². The standard InChI is InChI=1S/C23H28N4O2/c1-3-5-6-10-20-25-21(8-4-2)27(26-20)16-17-11-13-18(14-12-17)22-19(23(28)29)9-7-15-24-22/h7,9,11-15H,3-6,8,10,16H2,1-2H3,(H,28,29). The molecule has 0 radical (unpaired) electrons. The van der Waals surface area contributed by atoms with Crippen LogP contribution in [-0.4, -0.2) is 30.8 Å². The van der Waals surface area contributed by atoms with Crippen LogP contribution < -0.4 is 0 Å². The van der Waals surface area contributed by atoms with Gasteiger partial charge in [-0.1, -0.05) is 51.0 Å². The highest BCUT2D eigenvalue weighted by Gasteiger charge is 2.13. The number of benzene rings is 1. The lowest BCUT2D eigenvalue weighted by atomic mass is 10.0. The summed E-state index contributed by atoms with van der Waals surface area (Å²) in [7, 11) is 0. The van der Waals surface area contributed by atoms with Gasteiger partial charge in [-0.05, 0) is 30.5 Å². The second kappa shape index (κ2) is 9.96. The number of aryl methyl sites for hydroxylation is 2. The lowest BCUT2D eigenvalue weighted by Crippen LogP contribution is -2.07. The molecule has 2 heterocycles. The molecule has 0 spiro atoms. The maximum Gasteiger partial charge on any atom is 0.337 e. The first kappa shape index (κ1) is 20.7. The molecule has 0 bridgehead atoms. The van der Waals surface area contributed by atoms with Gasteiger partial charge < -0.3 is 5.11 Å². The molecule has 0 aliphatic heterocycles. The minimum Gasteiger partial charge on any atom is -0.478 e. The Morgan fingerprint density at radius 1 is 1.03 bits per heavy atom. The summed E-state index contributed by atoms with van der Waals surface area (Å²) in [5.41, 5.74) is 2.58. The quantitative estimate of drug-likeness (QED) is 0.503. The molecule has 0 fully saturated rings. The molecular formula is C23H28N4O2. The molecule has 2 aromatic heterocycles. The first-order valence-electron chi connectivity index (χ1n) is 10.3. The molecule has 3 rings (SSSR count). The molecule has 0 atom stereocenters. The van der Waals surface area contributed by atoms with Crippen LogP contribution in [0.2, 0.25) is 0 Å². The van der Waals surface area contributed by atoms with Crippen molar-refractivity contribution in [3.05, 3.63) is 65.4 Å². The predicted octanol–water partition coefficient (Wildman–Crippen LogP) is 4.77. The van der Waals surface area contributed by atoms with Gasteiger partial charge >= 0.3 is 5.97 Å². The monoisotopic (exact) mass is 392 g/mol. The van der Waals surface area contributed by atoms with E-state index in [4.69, 9.17) is 10.1 Å². The SMILES string of the molecule is CCCCCc1nc(CCC)n(Cc2ccc(-c3ncccc3C(=O)O)cc2)n1. The van der Waals surface area contributed by atoms with Crippen molar-refractivity contribution in [1.82, 2.24) is 19.7 Å². The van der Waals surface area contributed by atoms with E-state index in [1.165, 1.54) is 12.8 Å². The van der Waals surface area contributed by atoms with Gasteiger partial charge in [0.05, 0.1) is 17.8 Å². The lowest BCUT2D eigenvalue weighted by Gasteiger charge is -2.08. The fourth-order valence-corrected chi connectivity index (χ4v) is 3.35. The Kier molecular flexibility index (Phi) is 7.11. The minimum atomic E-state index is -0.973. The number of carboxylic acids is 1. The first-order chi connectivity index (χ1) is 14.1. The number of carbonyl (C=O) groups is 1. The fraction of sp³-hybridized carbons (Fsp3) is 0.391. The highest BCUT2D eigenvalue weighted by atomic mass is 16.4. The van der Waals surface area contributed by atoms with Gasteiger partial charge in [-0.2, -0.15) is 5.10 Å². The van der Waals surface area contributed by atoms with Crippen LogP contribution in [0.4, 0.5) is 0 Å². The van der Waals surface area contributed by atoms with Gasteiger partial charge in [0.2, 0.25) is 0 Å². The average molecular weight is 393 g/mol. The van der Waals surface area contributed by atoms with E-state index in [0.717, 1.165) is 48.5 Å². The molecule has 0 saturated carbocycles. The molecule has 0 unspecified atom stereocenters. The number of aromatic carboxylic acids is 1. The van der Waals surface area contributed by atoms with Crippen molar-refractivity contribution in [2.75, 3.05) is 0 Å². The van der Waals surface area contributed by atoms with Gasteiger partial charge in [-0.25, -0.2) is 14.5 Å². The van der Waals surface area contributed by atoms with Crippen molar-refractivity contribution in [2.45, 2.75) is 58.9 Å². The summed E-state index contributed by atoms with van der Waals surface area (Å²) in [4.78, 5) is 20.4. The molecule has 6 heteroatoms. The Hall–Kier alpha value is -3.02. The molecule has 1 N–H and O–H groups in total. The zero-order valence-electron chi connectivity index (χ0n) is 17.1. The van der Waals surface area contributed by atoms with Crippen LogP contribution in [-0.2, 0) is 19.4 Å². The molecule has 1 aromatic carbocycles. The first-order valence-corrected chi connectivity index (χ1v) is 10.3. The summed E-state index contributed by atoms with van der Waals surface area (Å²) in [5, 5.41) is 14.1. The molecule has 0 saturated heterocycles. The summed E-state index contributed by atoms with van der Waals surface area (Å²) in [5.74, 6) is 0.985. The number of pyridine rings is 1. The normalized spacial score (nSPS) is 11.0. The minimum absolute atomic E-state index is 0.207. The van der Waals surface area contributed by atoms with Gasteiger partial charge in [-0.15, -0.1) is 0 Å². The van der Waals surface area contributed by atoms with E-state index in [-0.39, 0.29) is 5.56 Å². The lowest BCUT2D eigenvalue weighted by molar-refractivity contribution is 0.0697. The number of rotatable bonds is 10. The number of hydrogen-bond acceptors (Lipinski definition) is 4. The largest absolute Gasteiger partial charge is 0.478 e. The Labute approximate surface area is 171 Å². The van der Waals surface area contributed by atoms with E-state index in [2.05, 4.69) is 18.8 Å². The second-order valence-corrected chi connectivity index (χ2v) is 7.21. The predicted molar refractivity (Wildman–Crippen MR) is 113 cm³/mol. The van der Waals surface area contributed by atoms with E-state index in [1.807, 2.05) is 28.9 Å². The van der Waals surface area contributed by atoms with E-state index in [0.29, 0.717) is 12.2 Å². The summed E-state index contributed by atoms with van der Waals surface area (Å²) in [6, 6.07) is 11.1. The third-order valence-electron chi connectivity index (χ3n) is 4.87. The maximum absolute atomic E-state index is 11.4. The Morgan fingerprint density at radius 2 is 1.83 bits per heavy atom. The van der Waals surface area contributed by atoms with Crippen molar-refractivity contribution in [1.29, 1.82) is 0 Å². The van der Waals surface area contributed by atoms with Crippen LogP contribution >= 0.6 is 0 Å². The summed E-state index contributed by atoms with van der Waals surface area (Å²) in [6.07, 6.45) is 7.99. The number of aromatic nitrogens is 4. The van der Waals surface area contributed by atoms with Gasteiger partial charge in [-0.3, -0.25) is 4.98 Å². The molecule has 152 valence electrons. The molecular weight excluding hydrogens is 364 g/mol. The van der Waals surface area contributed by atoms with Crippen molar-refractivity contribution >= 4 is 5.97 Å². The molecule has 3 aromatic rings. The van der Waals surface area contributed by atoms with Gasteiger partial charge in [0.25, 0.3) is 0 Å². The van der Waals surface area contributed by atoms with Crippen LogP contribution in [0.25, 0.3) is 11.3 Å². The zero-order valence-corrected chi connectivity index (χ0v) is 17.1. The zero-order chi connectivity index (χ0) is 20.6. The van der Waals surface area contributed by atoms with E-state index in [9.17, 15) is 9.90 Å². The molecule has 0 aliphatic rings. The smallest absolute Gasteiger partial charge is 0.337 e. The Bertz CT molecular complexity index is 948. The third-order valence-corrected chi connectivity index (χ3v) is 4.87. The number of unbranched alkanes of at least 4 members (excludes halogenated alkanes) is 2. The number of nitrogens with zero attached hydrogens (tertiary/aromatic N) is 4. The maximum atomic E-state index is 11.4. The van der Waals surface area contributed by atoms with Gasteiger partial charge in [0.1, 0.15) is 5.82 Å². The van der Waals surface area contributed by atoms with E-state index in [1.54, 1.807) is 18.3 Å². The molecule has 0 aliphatic carbocycles. The van der Waals surface area contributed by atoms with Crippen molar-refractivity contribution in [3.63, 3.8) is 0 Å². The molecule has 29 heavy (non-hydrogen) atoms. The Balaban J connectivity index is 1.78. The van der Waals surface area contributed by atoms with E-state index < -0.39 is 5.97 Å². The summed E-state index contributed by atoms with van der Waals surface area (Å²) < 4.78 is 2.00. The van der Waals surface area contributed by atoms with Crippen LogP contribution in [0.1, 0.15) is 67.1 Å². The molecule has 6 nitrogen and oxygen atoms in total. The number of hydrogen-bond donors (Lipinski definition) is 1. The molecule has 0 amide bonds. The Morgan fingerprint density at radius 3 is 2.52 bits per heavy atom. The topological polar surface area (TPSA) is 80.9 Å². The highest BCUT2D eigenvalue weighted by Crippen LogP contribution is 2.22. The fourth-order valence-electron chi connectivity index (χ4n) is 3.35. The van der Waals surface area contributed by atoms with Crippen molar-refractivity contribution < 1.29 is 9.90 Å². The third kappa shape index (κ3) is 5.28. The highest BCUT2D eigenvalue weighted by molar-refractivity contribution is 5.94. The van der Waals surface area contributed by atoms with E-state index >= 15 is 0 Å². The summed E-state index contributed by atoms with van der Waals surface area (Å²) >= 11 is 0. The van der Waals surface area contributed by atoms with Crippen LogP contribution in [0, 0.1) is 0 Å². The van der Waals surface area contributed by atoms with Crippen LogP contribution in [0.5, 0.6) is 0 Å². The van der Waals surface area contributed by atoms with Crippen molar-refractivity contribution in [2.24, 2.45) is 0 Å². The summed E-state index contributed by atoms with van der Waals surface area (Å²) in [6.45, 7) is 5.00. The average Bonchev–Trinajstić information content (AvgIpc) is 3.10. The second-order valence-electron chi connectivity index (χ2n) is 7.21. The van der Waals surface area contributed by atoms with Crippen LogP contribution in [0.15, 0.2) is 42.6 Å². The number of carboxylic acid groups (broad SMARTS) is 1. The van der Waals surface area contributed by atoms with Crippen molar-refractivity contribution in [3.8, 4) is 11.3 Å². The van der Waals surface area contributed by atoms with Gasteiger partial charge in [0, 0.05) is 24.6 Å². The van der Waals surface area contributed by atoms with Crippen LogP contribution in [0.3, 0.4) is 0 Å².